The fourth-order valence-electron chi connectivity index (χ4n) is 1.74. The van der Waals surface area contributed by atoms with Crippen molar-refractivity contribution in [2.24, 2.45) is 0 Å². The van der Waals surface area contributed by atoms with E-state index in [2.05, 4.69) is 11.2 Å². The predicted molar refractivity (Wildman–Crippen MR) is 73.9 cm³/mol. The lowest BCUT2D eigenvalue weighted by molar-refractivity contribution is 0.308. The van der Waals surface area contributed by atoms with Gasteiger partial charge in [0.25, 0.3) is 0 Å². The van der Waals surface area contributed by atoms with Crippen LogP contribution in [0.3, 0.4) is 0 Å². The molecule has 1 rings (SSSR count). The fraction of sp³-hybridized carbons (Fsp3) is 0.467. The lowest BCUT2D eigenvalue weighted by atomic mass is 10.2. The minimum absolute atomic E-state index is 0.634. The lowest BCUT2D eigenvalue weighted by Gasteiger charge is -2.14. The van der Waals surface area contributed by atoms with Gasteiger partial charge in [-0.3, -0.25) is 0 Å². The molecule has 0 spiro atoms. The molecule has 0 saturated heterocycles. The van der Waals surface area contributed by atoms with E-state index in [1.807, 2.05) is 25.1 Å². The zero-order chi connectivity index (χ0) is 13.2. The third kappa shape index (κ3) is 4.31. The molecule has 0 aliphatic carbocycles. The Morgan fingerprint density at radius 3 is 2.89 bits per heavy atom. The van der Waals surface area contributed by atoms with E-state index in [0.717, 1.165) is 43.0 Å². The summed E-state index contributed by atoms with van der Waals surface area (Å²) in [6.07, 6.45) is 7.01. The van der Waals surface area contributed by atoms with Gasteiger partial charge in [0.15, 0.2) is 11.5 Å². The summed E-state index contributed by atoms with van der Waals surface area (Å²) in [5.74, 6) is 4.23. The number of hydrogen-bond acceptors (Lipinski definition) is 3. The zero-order valence-corrected chi connectivity index (χ0v) is 11.2. The van der Waals surface area contributed by atoms with Gasteiger partial charge in [-0.1, -0.05) is 12.1 Å². The van der Waals surface area contributed by atoms with Gasteiger partial charge in [0.1, 0.15) is 0 Å². The summed E-state index contributed by atoms with van der Waals surface area (Å²) in [6, 6.07) is 5.94. The molecule has 0 bridgehead atoms. The number of benzene rings is 1. The molecule has 3 nitrogen and oxygen atoms in total. The van der Waals surface area contributed by atoms with Crippen LogP contribution in [-0.4, -0.2) is 20.3 Å². The first-order valence-corrected chi connectivity index (χ1v) is 6.26. The van der Waals surface area contributed by atoms with Crippen molar-refractivity contribution in [3.63, 3.8) is 0 Å². The quantitative estimate of drug-likeness (QED) is 0.566. The van der Waals surface area contributed by atoms with Crippen molar-refractivity contribution in [3.8, 4) is 23.8 Å². The van der Waals surface area contributed by atoms with Gasteiger partial charge in [-0.05, 0) is 26.0 Å². The molecule has 98 valence electrons. The van der Waals surface area contributed by atoms with Crippen molar-refractivity contribution in [1.29, 1.82) is 0 Å². The number of methoxy groups -OCH3 is 1. The first-order valence-electron chi connectivity index (χ1n) is 6.26. The summed E-state index contributed by atoms with van der Waals surface area (Å²) >= 11 is 0. The maximum Gasteiger partial charge on any atom is 0.165 e. The van der Waals surface area contributed by atoms with Crippen LogP contribution in [0, 0.1) is 12.3 Å². The van der Waals surface area contributed by atoms with E-state index in [9.17, 15) is 0 Å². The Morgan fingerprint density at radius 2 is 2.22 bits per heavy atom. The summed E-state index contributed by atoms with van der Waals surface area (Å²) in [5.41, 5.74) is 1.10. The highest BCUT2D eigenvalue weighted by atomic mass is 16.5. The summed E-state index contributed by atoms with van der Waals surface area (Å²) in [5, 5.41) is 3.35. The van der Waals surface area contributed by atoms with Crippen molar-refractivity contribution in [2.75, 3.05) is 20.3 Å². The van der Waals surface area contributed by atoms with Gasteiger partial charge in [-0.15, -0.1) is 12.3 Å². The highest BCUT2D eigenvalue weighted by Gasteiger charge is 2.08. The molecule has 1 N–H and O–H groups in total. The molecule has 0 aliphatic heterocycles. The van der Waals surface area contributed by atoms with Crippen LogP contribution in [0.4, 0.5) is 0 Å². The average molecular weight is 247 g/mol. The molecule has 0 amide bonds. The van der Waals surface area contributed by atoms with Crippen molar-refractivity contribution in [1.82, 2.24) is 5.32 Å². The minimum Gasteiger partial charge on any atom is -0.493 e. The Morgan fingerprint density at radius 1 is 1.39 bits per heavy atom. The molecular weight excluding hydrogens is 226 g/mol. The lowest BCUT2D eigenvalue weighted by Crippen LogP contribution is -2.15. The number of hydrogen-bond donors (Lipinski definition) is 1. The van der Waals surface area contributed by atoms with E-state index in [1.165, 1.54) is 0 Å². The van der Waals surface area contributed by atoms with Crippen LogP contribution >= 0.6 is 0 Å². The Bertz CT molecular complexity index is 396. The van der Waals surface area contributed by atoms with E-state index < -0.39 is 0 Å². The maximum atomic E-state index is 5.53. The SMILES string of the molecule is C#CCCCNCc1cccc(OCC)c1OC. The van der Waals surface area contributed by atoms with Gasteiger partial charge >= 0.3 is 0 Å². The summed E-state index contributed by atoms with van der Waals surface area (Å²) in [4.78, 5) is 0. The highest BCUT2D eigenvalue weighted by Crippen LogP contribution is 2.30. The molecular formula is C15H21NO2. The largest absolute Gasteiger partial charge is 0.493 e. The first-order chi connectivity index (χ1) is 8.83. The molecule has 0 heterocycles. The van der Waals surface area contributed by atoms with Gasteiger partial charge in [0.2, 0.25) is 0 Å². The standard InChI is InChI=1S/C15H21NO2/c1-4-6-7-11-16-12-13-9-8-10-14(18-5-2)15(13)17-3/h1,8-10,16H,5-7,11-12H2,2-3H3. The van der Waals surface area contributed by atoms with E-state index >= 15 is 0 Å². The Balaban J connectivity index is 2.59. The number of unbranched alkanes of at least 4 members (excludes halogenated alkanes) is 1. The molecule has 1 aromatic carbocycles. The molecule has 18 heavy (non-hydrogen) atoms. The van der Waals surface area contributed by atoms with Gasteiger partial charge in [-0.25, -0.2) is 0 Å². The van der Waals surface area contributed by atoms with Crippen LogP contribution in [0.15, 0.2) is 18.2 Å². The maximum absolute atomic E-state index is 5.53. The van der Waals surface area contributed by atoms with Crippen LogP contribution in [-0.2, 0) is 6.54 Å². The Labute approximate surface area is 109 Å². The summed E-state index contributed by atoms with van der Waals surface area (Å²) in [7, 11) is 1.67. The van der Waals surface area contributed by atoms with Crippen LogP contribution in [0.2, 0.25) is 0 Å². The Kier molecular flexibility index (Phi) is 6.75. The zero-order valence-electron chi connectivity index (χ0n) is 11.2. The van der Waals surface area contributed by atoms with E-state index in [4.69, 9.17) is 15.9 Å². The van der Waals surface area contributed by atoms with Crippen LogP contribution in [0.5, 0.6) is 11.5 Å². The van der Waals surface area contributed by atoms with E-state index in [0.29, 0.717) is 6.61 Å². The topological polar surface area (TPSA) is 30.5 Å². The fourth-order valence-corrected chi connectivity index (χ4v) is 1.74. The van der Waals surface area contributed by atoms with Gasteiger partial charge < -0.3 is 14.8 Å². The second-order valence-electron chi connectivity index (χ2n) is 3.87. The molecule has 0 atom stereocenters. The van der Waals surface area contributed by atoms with Crippen molar-refractivity contribution in [3.05, 3.63) is 23.8 Å². The molecule has 0 aliphatic rings. The molecule has 3 heteroatoms. The number of terminal acetylenes is 1. The van der Waals surface area contributed by atoms with Crippen molar-refractivity contribution >= 4 is 0 Å². The number of nitrogens with one attached hydrogen (secondary N) is 1. The normalized spacial score (nSPS) is 9.83. The third-order valence-corrected chi connectivity index (χ3v) is 2.55. The molecule has 0 radical (unpaired) electrons. The minimum atomic E-state index is 0.634. The number of para-hydroxylation sites is 1. The van der Waals surface area contributed by atoms with Crippen LogP contribution in [0.25, 0.3) is 0 Å². The second kappa shape index (κ2) is 8.43. The highest BCUT2D eigenvalue weighted by molar-refractivity contribution is 5.46. The molecule has 1 aromatic rings. The van der Waals surface area contributed by atoms with Crippen LogP contribution < -0.4 is 14.8 Å². The number of rotatable bonds is 8. The van der Waals surface area contributed by atoms with Crippen LogP contribution in [0.1, 0.15) is 25.3 Å². The molecule has 0 fully saturated rings. The third-order valence-electron chi connectivity index (χ3n) is 2.55. The van der Waals surface area contributed by atoms with Gasteiger partial charge in [0, 0.05) is 18.5 Å². The van der Waals surface area contributed by atoms with Crippen molar-refractivity contribution < 1.29 is 9.47 Å². The van der Waals surface area contributed by atoms with Crippen molar-refractivity contribution in [2.45, 2.75) is 26.3 Å². The smallest absolute Gasteiger partial charge is 0.165 e. The summed E-state index contributed by atoms with van der Waals surface area (Å²) < 4.78 is 10.9. The van der Waals surface area contributed by atoms with E-state index in [-0.39, 0.29) is 0 Å². The predicted octanol–water partition coefficient (Wildman–Crippen LogP) is 2.60. The van der Waals surface area contributed by atoms with Gasteiger partial charge in [-0.2, -0.15) is 0 Å². The Hall–Kier alpha value is -1.66. The van der Waals surface area contributed by atoms with Gasteiger partial charge in [0.05, 0.1) is 13.7 Å². The first kappa shape index (κ1) is 14.4. The molecule has 0 aromatic heterocycles. The number of ether oxygens (including phenoxy) is 2. The monoisotopic (exact) mass is 247 g/mol. The molecule has 0 unspecified atom stereocenters. The molecule has 0 saturated carbocycles. The second-order valence-corrected chi connectivity index (χ2v) is 3.87. The summed E-state index contributed by atoms with van der Waals surface area (Å²) in [6.45, 7) is 4.26. The average Bonchev–Trinajstić information content (AvgIpc) is 2.39. The van der Waals surface area contributed by atoms with E-state index in [1.54, 1.807) is 7.11 Å².